The second kappa shape index (κ2) is 11.2. The van der Waals surface area contributed by atoms with Gasteiger partial charge in [0.25, 0.3) is 0 Å². The molecule has 1 N–H and O–H groups in total. The number of fused-ring (bicyclic) bond motifs is 1. The fraction of sp³-hybridized carbons (Fsp3) is 0.538. The molecule has 204 valence electrons. The molecule has 12 heteroatoms. The Labute approximate surface area is 234 Å². The molecular weight excluding hydrogens is 572 g/mol. The highest BCUT2D eigenvalue weighted by atomic mass is 79.9. The van der Waals surface area contributed by atoms with Crippen molar-refractivity contribution in [3.63, 3.8) is 0 Å². The van der Waals surface area contributed by atoms with E-state index < -0.39 is 5.60 Å². The number of ether oxygens (including phenoxy) is 3. The van der Waals surface area contributed by atoms with Crippen LogP contribution in [0.5, 0.6) is 5.88 Å². The maximum Gasteiger partial charge on any atom is 0.410 e. The summed E-state index contributed by atoms with van der Waals surface area (Å²) >= 11 is 5.18. The second-order valence-corrected chi connectivity index (χ2v) is 12.3. The molecule has 5 rings (SSSR count). The summed E-state index contributed by atoms with van der Waals surface area (Å²) in [7, 11) is 1.62. The van der Waals surface area contributed by atoms with E-state index in [1.165, 1.54) is 0 Å². The van der Waals surface area contributed by atoms with Crippen molar-refractivity contribution in [2.45, 2.75) is 45.3 Å². The molecule has 2 saturated heterocycles. The number of carbonyl (C=O) groups is 1. The summed E-state index contributed by atoms with van der Waals surface area (Å²) in [5.74, 6) is 1.68. The van der Waals surface area contributed by atoms with Crippen molar-refractivity contribution in [1.29, 1.82) is 0 Å². The lowest BCUT2D eigenvalue weighted by atomic mass is 10.1. The summed E-state index contributed by atoms with van der Waals surface area (Å²) in [6.07, 6.45) is 1.46. The number of rotatable bonds is 5. The third-order valence-electron chi connectivity index (χ3n) is 6.35. The van der Waals surface area contributed by atoms with E-state index >= 15 is 0 Å². The summed E-state index contributed by atoms with van der Waals surface area (Å²) in [6.45, 7) is 9.47. The Bertz CT molecular complexity index is 1310. The number of thiazole rings is 1. The highest BCUT2D eigenvalue weighted by molar-refractivity contribution is 9.10. The number of anilines is 2. The molecule has 3 aromatic rings. The van der Waals surface area contributed by atoms with Crippen molar-refractivity contribution in [3.8, 4) is 16.5 Å². The highest BCUT2D eigenvalue weighted by Gasteiger charge is 2.30. The number of carbonyl (C=O) groups excluding carboxylic acids is 1. The monoisotopic (exact) mass is 604 g/mol. The van der Waals surface area contributed by atoms with Crippen molar-refractivity contribution in [3.05, 3.63) is 22.7 Å². The number of para-hydroxylation sites is 1. The normalized spacial score (nSPS) is 18.5. The predicted molar refractivity (Wildman–Crippen MR) is 152 cm³/mol. The molecule has 2 fully saturated rings. The molecule has 0 saturated carbocycles. The zero-order chi connectivity index (χ0) is 26.9. The molecule has 0 spiro atoms. The lowest BCUT2D eigenvalue weighted by molar-refractivity contribution is 0.0206. The fourth-order valence-electron chi connectivity index (χ4n) is 4.58. The maximum atomic E-state index is 12.8. The zero-order valence-corrected chi connectivity index (χ0v) is 24.5. The van der Waals surface area contributed by atoms with Crippen LogP contribution in [0.25, 0.3) is 20.8 Å². The predicted octanol–water partition coefficient (Wildman–Crippen LogP) is 5.17. The van der Waals surface area contributed by atoms with Gasteiger partial charge in [-0.05, 0) is 61.7 Å². The van der Waals surface area contributed by atoms with Crippen molar-refractivity contribution < 1.29 is 19.0 Å². The zero-order valence-electron chi connectivity index (χ0n) is 22.1. The van der Waals surface area contributed by atoms with Gasteiger partial charge in [-0.25, -0.2) is 9.78 Å². The summed E-state index contributed by atoms with van der Waals surface area (Å²) in [5, 5.41) is 4.39. The Morgan fingerprint density at radius 1 is 1.18 bits per heavy atom. The van der Waals surface area contributed by atoms with Gasteiger partial charge in [-0.1, -0.05) is 6.07 Å². The van der Waals surface area contributed by atoms with Crippen LogP contribution in [0.4, 0.5) is 16.6 Å². The van der Waals surface area contributed by atoms with E-state index in [1.54, 1.807) is 23.3 Å². The van der Waals surface area contributed by atoms with Crippen LogP contribution in [0.1, 0.15) is 33.6 Å². The first-order valence-electron chi connectivity index (χ1n) is 12.8. The molecule has 0 bridgehead atoms. The van der Waals surface area contributed by atoms with E-state index in [1.807, 2.05) is 39.0 Å². The molecule has 4 heterocycles. The summed E-state index contributed by atoms with van der Waals surface area (Å²) in [6, 6.07) is 6.00. The number of hydrogen-bond acceptors (Lipinski definition) is 10. The maximum absolute atomic E-state index is 12.8. The number of nitrogens with one attached hydrogen (secondary N) is 1. The average molecular weight is 606 g/mol. The van der Waals surface area contributed by atoms with Gasteiger partial charge in [-0.2, -0.15) is 9.97 Å². The molecule has 1 amide bonds. The fourth-order valence-corrected chi connectivity index (χ4v) is 6.20. The van der Waals surface area contributed by atoms with Gasteiger partial charge < -0.3 is 29.3 Å². The number of methoxy groups -OCH3 is 1. The summed E-state index contributed by atoms with van der Waals surface area (Å²) in [4.78, 5) is 31.4. The SMILES string of the molecule is COc1nc(N2CCOCC2)nc(N[C@@H]2CCCN(C(=O)OC(C)(C)C)C2)c1-c1nc2c(Br)cccc2s1. The van der Waals surface area contributed by atoms with Gasteiger partial charge in [0.05, 0.1) is 30.5 Å². The molecule has 1 atom stereocenters. The topological polar surface area (TPSA) is 102 Å². The van der Waals surface area contributed by atoms with Crippen molar-refractivity contribution in [2.24, 2.45) is 0 Å². The molecule has 38 heavy (non-hydrogen) atoms. The van der Waals surface area contributed by atoms with Gasteiger partial charge in [0.1, 0.15) is 22.0 Å². The Morgan fingerprint density at radius 3 is 2.68 bits per heavy atom. The van der Waals surface area contributed by atoms with E-state index in [0.29, 0.717) is 62.6 Å². The Morgan fingerprint density at radius 2 is 1.97 bits per heavy atom. The number of nitrogens with zero attached hydrogens (tertiary/aromatic N) is 5. The number of halogens is 1. The molecule has 2 aliphatic heterocycles. The number of likely N-dealkylation sites (tertiary alicyclic amines) is 1. The smallest absolute Gasteiger partial charge is 0.410 e. The van der Waals surface area contributed by atoms with Gasteiger partial charge in [-0.3, -0.25) is 0 Å². The Balaban J connectivity index is 1.52. The van der Waals surface area contributed by atoms with Crippen LogP contribution in [0.15, 0.2) is 22.7 Å². The molecule has 2 aromatic heterocycles. The molecule has 0 radical (unpaired) electrons. The van der Waals surface area contributed by atoms with Crippen LogP contribution in [0, 0.1) is 0 Å². The number of piperidine rings is 1. The van der Waals surface area contributed by atoms with E-state index in [4.69, 9.17) is 29.2 Å². The van der Waals surface area contributed by atoms with Crippen molar-refractivity contribution in [2.75, 3.05) is 56.7 Å². The first-order valence-corrected chi connectivity index (χ1v) is 14.4. The standard InChI is InChI=1S/C26H33BrN6O4S/c1-26(2,3)37-25(34)33-10-6-7-16(15-33)28-21-19(23-29-20-17(27)8-5-9-18(20)38-23)22(35-4)31-24(30-21)32-11-13-36-14-12-32/h5,8-9,16H,6-7,10-15H2,1-4H3,(H,28,30,31)/t16-/m1/s1. The van der Waals surface area contributed by atoms with E-state index in [9.17, 15) is 4.79 Å². The molecule has 1 aromatic carbocycles. The van der Waals surface area contributed by atoms with Crippen molar-refractivity contribution in [1.82, 2.24) is 19.9 Å². The third kappa shape index (κ3) is 5.97. The number of hydrogen-bond donors (Lipinski definition) is 1. The Hall–Kier alpha value is -2.70. The molecular formula is C26H33BrN6O4S. The minimum Gasteiger partial charge on any atom is -0.480 e. The average Bonchev–Trinajstić information content (AvgIpc) is 3.33. The molecule has 2 aliphatic rings. The second-order valence-electron chi connectivity index (χ2n) is 10.4. The number of morpholine rings is 1. The first kappa shape index (κ1) is 26.9. The minimum absolute atomic E-state index is 0.0201. The minimum atomic E-state index is -0.543. The van der Waals surface area contributed by atoms with Crippen LogP contribution >= 0.6 is 27.3 Å². The number of aromatic nitrogens is 3. The summed E-state index contributed by atoms with van der Waals surface area (Å²) in [5.41, 5.74) is 1.05. The quantitative estimate of drug-likeness (QED) is 0.422. The van der Waals surface area contributed by atoms with Crippen LogP contribution in [0.2, 0.25) is 0 Å². The number of benzene rings is 1. The van der Waals surface area contributed by atoms with Crippen LogP contribution < -0.4 is 15.0 Å². The largest absolute Gasteiger partial charge is 0.480 e. The van der Waals surface area contributed by atoms with E-state index in [0.717, 1.165) is 32.5 Å². The highest BCUT2D eigenvalue weighted by Crippen LogP contribution is 2.42. The Kier molecular flexibility index (Phi) is 7.92. The molecule has 0 aliphatic carbocycles. The van der Waals surface area contributed by atoms with E-state index in [-0.39, 0.29) is 12.1 Å². The van der Waals surface area contributed by atoms with E-state index in [2.05, 4.69) is 26.1 Å². The molecule has 0 unspecified atom stereocenters. The van der Waals surface area contributed by atoms with Gasteiger partial charge >= 0.3 is 6.09 Å². The third-order valence-corrected chi connectivity index (χ3v) is 8.03. The van der Waals surface area contributed by atoms with Gasteiger partial charge in [0, 0.05) is 36.7 Å². The lowest BCUT2D eigenvalue weighted by Gasteiger charge is -2.35. The van der Waals surface area contributed by atoms with Gasteiger partial charge in [0.2, 0.25) is 11.8 Å². The van der Waals surface area contributed by atoms with Gasteiger partial charge in [-0.15, -0.1) is 11.3 Å². The lowest BCUT2D eigenvalue weighted by Crippen LogP contribution is -2.47. The van der Waals surface area contributed by atoms with Crippen LogP contribution in [-0.2, 0) is 9.47 Å². The first-order chi connectivity index (χ1) is 18.2. The van der Waals surface area contributed by atoms with Gasteiger partial charge in [0.15, 0.2) is 0 Å². The van der Waals surface area contributed by atoms with Crippen molar-refractivity contribution >= 4 is 55.3 Å². The van der Waals surface area contributed by atoms with Crippen LogP contribution in [-0.4, -0.2) is 84.1 Å². The van der Waals surface area contributed by atoms with Crippen LogP contribution in [0.3, 0.4) is 0 Å². The number of amides is 1. The molecule has 10 nitrogen and oxygen atoms in total. The summed E-state index contributed by atoms with van der Waals surface area (Å²) < 4.78 is 19.0.